The second-order valence-electron chi connectivity index (χ2n) is 8.83. The lowest BCUT2D eigenvalue weighted by Gasteiger charge is -2.36. The minimum Gasteiger partial charge on any atom is -0.413 e. The first-order chi connectivity index (χ1) is 13.4. The van der Waals surface area contributed by atoms with Crippen molar-refractivity contribution in [2.75, 3.05) is 19.5 Å². The molecule has 0 heterocycles. The summed E-state index contributed by atoms with van der Waals surface area (Å²) in [7, 11) is -5.26. The van der Waals surface area contributed by atoms with Crippen LogP contribution in [-0.2, 0) is 14.3 Å². The Morgan fingerprint density at radius 3 is 1.90 bits per heavy atom. The highest BCUT2D eigenvalue weighted by Crippen LogP contribution is 2.38. The highest BCUT2D eigenvalue weighted by Gasteiger charge is 2.37. The number of sulfone groups is 1. The van der Waals surface area contributed by atoms with Crippen molar-refractivity contribution >= 4 is 29.3 Å². The lowest BCUT2D eigenvalue weighted by molar-refractivity contribution is 0.330. The van der Waals surface area contributed by atoms with Gasteiger partial charge in [0.15, 0.2) is 18.2 Å². The van der Waals surface area contributed by atoms with E-state index in [1.54, 1.807) is 24.3 Å². The SMILES string of the molecule is CC(C)(C)[Si](C)(C)OCC(=C(CO)c1ccc(S(C)(=O)=O)cc1)c1ccccc1. The lowest BCUT2D eigenvalue weighted by Crippen LogP contribution is -2.41. The molecule has 6 heteroatoms. The smallest absolute Gasteiger partial charge is 0.192 e. The minimum absolute atomic E-state index is 0.0747. The van der Waals surface area contributed by atoms with Crippen molar-refractivity contribution in [3.63, 3.8) is 0 Å². The second-order valence-corrected chi connectivity index (χ2v) is 15.7. The third kappa shape index (κ3) is 5.89. The summed E-state index contributed by atoms with van der Waals surface area (Å²) < 4.78 is 30.0. The molecule has 0 radical (unpaired) electrons. The normalized spacial score (nSPS) is 13.9. The van der Waals surface area contributed by atoms with Gasteiger partial charge in [0.1, 0.15) is 0 Å². The molecule has 0 amide bonds. The van der Waals surface area contributed by atoms with E-state index in [9.17, 15) is 13.5 Å². The first-order valence-corrected chi connectivity index (χ1v) is 14.5. The molecule has 4 nitrogen and oxygen atoms in total. The summed E-state index contributed by atoms with van der Waals surface area (Å²) in [6.45, 7) is 11.2. The first-order valence-electron chi connectivity index (χ1n) is 9.69. The molecule has 0 aliphatic carbocycles. The van der Waals surface area contributed by atoms with Gasteiger partial charge in [0.05, 0.1) is 18.1 Å². The molecule has 0 fully saturated rings. The van der Waals surface area contributed by atoms with Gasteiger partial charge in [-0.15, -0.1) is 0 Å². The summed E-state index contributed by atoms with van der Waals surface area (Å²) >= 11 is 0. The maximum absolute atomic E-state index is 11.8. The van der Waals surface area contributed by atoms with Crippen LogP contribution in [0, 0.1) is 0 Å². The molecular formula is C23H32O4SSi. The molecule has 0 saturated heterocycles. The van der Waals surface area contributed by atoms with Gasteiger partial charge in [-0.1, -0.05) is 63.2 Å². The Labute approximate surface area is 176 Å². The van der Waals surface area contributed by atoms with E-state index < -0.39 is 18.2 Å². The monoisotopic (exact) mass is 432 g/mol. The third-order valence-electron chi connectivity index (χ3n) is 5.66. The van der Waals surface area contributed by atoms with Crippen molar-refractivity contribution in [2.45, 2.75) is 43.8 Å². The Balaban J connectivity index is 2.53. The summed E-state index contributed by atoms with van der Waals surface area (Å²) in [4.78, 5) is 0.261. The standard InChI is InChI=1S/C23H32O4SSi/c1-23(2,3)29(5,6)27-17-22(18-10-8-7-9-11-18)21(16-24)19-12-14-20(15-13-19)28(4,25)26/h7-15,24H,16-17H2,1-6H3. The molecule has 0 aliphatic rings. The van der Waals surface area contributed by atoms with E-state index in [0.717, 1.165) is 22.3 Å². The Morgan fingerprint density at radius 1 is 0.931 bits per heavy atom. The molecule has 0 atom stereocenters. The molecule has 1 N–H and O–H groups in total. The molecule has 2 aromatic carbocycles. The van der Waals surface area contributed by atoms with Gasteiger partial charge >= 0.3 is 0 Å². The summed E-state index contributed by atoms with van der Waals surface area (Å²) in [6, 6.07) is 16.5. The van der Waals surface area contributed by atoms with Gasteiger partial charge in [0, 0.05) is 6.26 Å². The van der Waals surface area contributed by atoms with Crippen molar-refractivity contribution in [1.29, 1.82) is 0 Å². The van der Waals surface area contributed by atoms with E-state index in [4.69, 9.17) is 4.43 Å². The summed E-state index contributed by atoms with van der Waals surface area (Å²) in [6.07, 6.45) is 1.19. The van der Waals surface area contributed by atoms with Crippen LogP contribution in [0.25, 0.3) is 11.1 Å². The molecule has 0 bridgehead atoms. The zero-order valence-corrected chi connectivity index (χ0v) is 20.0. The number of aliphatic hydroxyl groups excluding tert-OH is 1. The van der Waals surface area contributed by atoms with Crippen molar-refractivity contribution in [2.24, 2.45) is 0 Å². The lowest BCUT2D eigenvalue weighted by atomic mass is 9.95. The van der Waals surface area contributed by atoms with Crippen LogP contribution in [0.3, 0.4) is 0 Å². The Hall–Kier alpha value is -1.73. The number of benzene rings is 2. The van der Waals surface area contributed by atoms with Crippen molar-refractivity contribution < 1.29 is 18.0 Å². The molecule has 2 rings (SSSR count). The first kappa shape index (κ1) is 23.5. The van der Waals surface area contributed by atoms with E-state index in [1.165, 1.54) is 6.26 Å². The molecule has 158 valence electrons. The van der Waals surface area contributed by atoms with Crippen LogP contribution in [0.1, 0.15) is 31.9 Å². The highest BCUT2D eigenvalue weighted by atomic mass is 32.2. The van der Waals surface area contributed by atoms with Crippen LogP contribution in [0.15, 0.2) is 59.5 Å². The van der Waals surface area contributed by atoms with Crippen molar-refractivity contribution in [1.82, 2.24) is 0 Å². The molecule has 2 aromatic rings. The molecule has 0 aliphatic heterocycles. The topological polar surface area (TPSA) is 63.6 Å². The highest BCUT2D eigenvalue weighted by molar-refractivity contribution is 7.90. The van der Waals surface area contributed by atoms with Gasteiger partial charge in [-0.25, -0.2) is 8.42 Å². The maximum atomic E-state index is 11.8. The van der Waals surface area contributed by atoms with Crippen LogP contribution in [0.4, 0.5) is 0 Å². The van der Waals surface area contributed by atoms with Crippen molar-refractivity contribution in [3.8, 4) is 0 Å². The van der Waals surface area contributed by atoms with E-state index in [0.29, 0.717) is 6.61 Å². The Kier molecular flexibility index (Phi) is 7.27. The van der Waals surface area contributed by atoms with Gasteiger partial charge in [-0.05, 0) is 52.5 Å². The largest absolute Gasteiger partial charge is 0.413 e. The zero-order chi connectivity index (χ0) is 21.9. The second kappa shape index (κ2) is 8.96. The fraction of sp³-hybridized carbons (Fsp3) is 0.391. The molecule has 0 aromatic heterocycles. The number of aliphatic hydroxyl groups is 1. The third-order valence-corrected chi connectivity index (χ3v) is 11.3. The molecular weight excluding hydrogens is 400 g/mol. The van der Waals surface area contributed by atoms with Crippen LogP contribution in [0.2, 0.25) is 18.1 Å². The molecule has 0 unspecified atom stereocenters. The Morgan fingerprint density at radius 2 is 1.45 bits per heavy atom. The summed E-state index contributed by atoms with van der Waals surface area (Å²) in [5, 5.41) is 10.3. The van der Waals surface area contributed by atoms with Crippen LogP contribution < -0.4 is 0 Å². The summed E-state index contributed by atoms with van der Waals surface area (Å²) in [5.74, 6) is 0. The van der Waals surface area contributed by atoms with Gasteiger partial charge in [-0.2, -0.15) is 0 Å². The Bertz CT molecular complexity index is 954. The number of hydrogen-bond acceptors (Lipinski definition) is 4. The molecule has 0 saturated carbocycles. The predicted octanol–water partition coefficient (Wildman–Crippen LogP) is 5.02. The van der Waals surface area contributed by atoms with Gasteiger partial charge < -0.3 is 9.53 Å². The maximum Gasteiger partial charge on any atom is 0.192 e. The van der Waals surface area contributed by atoms with Gasteiger partial charge in [0.2, 0.25) is 0 Å². The fourth-order valence-corrected chi connectivity index (χ4v) is 4.29. The molecule has 29 heavy (non-hydrogen) atoms. The predicted molar refractivity (Wildman–Crippen MR) is 123 cm³/mol. The van der Waals surface area contributed by atoms with E-state index in [-0.39, 0.29) is 16.5 Å². The van der Waals surface area contributed by atoms with Crippen LogP contribution in [0.5, 0.6) is 0 Å². The average molecular weight is 433 g/mol. The van der Waals surface area contributed by atoms with Gasteiger partial charge in [-0.3, -0.25) is 0 Å². The van der Waals surface area contributed by atoms with E-state index in [1.807, 2.05) is 30.3 Å². The molecule has 0 spiro atoms. The minimum atomic E-state index is -3.27. The number of hydrogen-bond donors (Lipinski definition) is 1. The van der Waals surface area contributed by atoms with Gasteiger partial charge in [0.25, 0.3) is 0 Å². The fourth-order valence-electron chi connectivity index (χ4n) is 2.72. The van der Waals surface area contributed by atoms with Crippen LogP contribution >= 0.6 is 0 Å². The van der Waals surface area contributed by atoms with Crippen LogP contribution in [-0.4, -0.2) is 41.3 Å². The van der Waals surface area contributed by atoms with E-state index >= 15 is 0 Å². The van der Waals surface area contributed by atoms with E-state index in [2.05, 4.69) is 33.9 Å². The zero-order valence-electron chi connectivity index (χ0n) is 18.2. The average Bonchev–Trinajstić information content (AvgIpc) is 2.64. The summed E-state index contributed by atoms with van der Waals surface area (Å²) in [5.41, 5.74) is 3.44. The van der Waals surface area contributed by atoms with Crippen molar-refractivity contribution in [3.05, 3.63) is 65.7 Å². The quantitative estimate of drug-likeness (QED) is 0.493. The number of rotatable bonds is 7.